The predicted molar refractivity (Wildman–Crippen MR) is 73.7 cm³/mol. The lowest BCUT2D eigenvalue weighted by atomic mass is 10.2. The van der Waals surface area contributed by atoms with Crippen LogP contribution in [0.3, 0.4) is 0 Å². The number of carboxylic acids is 1. The first-order valence-corrected chi connectivity index (χ1v) is 6.38. The lowest BCUT2D eigenvalue weighted by Crippen LogP contribution is -2.43. The summed E-state index contributed by atoms with van der Waals surface area (Å²) in [7, 11) is 1.49. The molecule has 0 aromatic heterocycles. The van der Waals surface area contributed by atoms with Gasteiger partial charge in [-0.3, -0.25) is 0 Å². The van der Waals surface area contributed by atoms with Gasteiger partial charge < -0.3 is 20.1 Å². The third-order valence-corrected chi connectivity index (χ3v) is 3.38. The number of anilines is 1. The summed E-state index contributed by atoms with van der Waals surface area (Å²) >= 11 is 0. The molecule has 0 radical (unpaired) electrons. The highest BCUT2D eigenvalue weighted by molar-refractivity contribution is 5.93. The number of methoxy groups -OCH3 is 1. The molecule has 7 nitrogen and oxygen atoms in total. The van der Waals surface area contributed by atoms with E-state index in [1.165, 1.54) is 18.1 Å². The van der Waals surface area contributed by atoms with E-state index in [0.717, 1.165) is 0 Å². The topological polar surface area (TPSA) is 103 Å². The minimum Gasteiger partial charge on any atom is -0.480 e. The molecule has 7 heteroatoms. The summed E-state index contributed by atoms with van der Waals surface area (Å²) in [5.74, 6) is -1.06. The molecule has 2 unspecified atom stereocenters. The first kappa shape index (κ1) is 14.8. The van der Waals surface area contributed by atoms with Gasteiger partial charge in [0.25, 0.3) is 0 Å². The van der Waals surface area contributed by atoms with E-state index in [0.29, 0.717) is 11.3 Å². The van der Waals surface area contributed by atoms with Gasteiger partial charge in [-0.1, -0.05) is 6.07 Å². The van der Waals surface area contributed by atoms with Crippen LogP contribution in [0.2, 0.25) is 0 Å². The Labute approximate surface area is 121 Å². The number of aliphatic carboxylic acids is 1. The molecule has 0 bridgehead atoms. The third-order valence-electron chi connectivity index (χ3n) is 3.38. The number of carbonyl (C=O) groups excluding carboxylic acids is 1. The normalized spacial score (nSPS) is 20.9. The van der Waals surface area contributed by atoms with Gasteiger partial charge in [0.2, 0.25) is 0 Å². The van der Waals surface area contributed by atoms with Crippen LogP contribution in [-0.4, -0.2) is 47.8 Å². The van der Waals surface area contributed by atoms with E-state index in [9.17, 15) is 14.7 Å². The molecule has 0 spiro atoms. The number of rotatable bonds is 3. The molecule has 1 saturated heterocycles. The first-order chi connectivity index (χ1) is 10.0. The fourth-order valence-electron chi connectivity index (χ4n) is 2.29. The maximum atomic E-state index is 12.2. The number of likely N-dealkylation sites (tertiary alicyclic amines) is 1. The highest BCUT2D eigenvalue weighted by Gasteiger charge is 2.39. The minimum atomic E-state index is -1.06. The van der Waals surface area contributed by atoms with Gasteiger partial charge in [-0.2, -0.15) is 5.26 Å². The second-order valence-corrected chi connectivity index (χ2v) is 4.72. The number of hydrogen-bond donors (Lipinski definition) is 2. The molecule has 0 aliphatic carbocycles. The molecule has 21 heavy (non-hydrogen) atoms. The van der Waals surface area contributed by atoms with E-state index >= 15 is 0 Å². The summed E-state index contributed by atoms with van der Waals surface area (Å²) < 4.78 is 5.13. The van der Waals surface area contributed by atoms with Gasteiger partial charge in [-0.25, -0.2) is 9.59 Å². The highest BCUT2D eigenvalue weighted by Crippen LogP contribution is 2.21. The number of amides is 2. The molecular weight excluding hydrogens is 274 g/mol. The Morgan fingerprint density at radius 2 is 2.29 bits per heavy atom. The number of urea groups is 1. The zero-order valence-corrected chi connectivity index (χ0v) is 11.4. The average Bonchev–Trinajstić information content (AvgIpc) is 2.92. The van der Waals surface area contributed by atoms with Gasteiger partial charge >= 0.3 is 12.0 Å². The van der Waals surface area contributed by atoms with Crippen molar-refractivity contribution >= 4 is 17.7 Å². The Balaban J connectivity index is 2.11. The Hall–Kier alpha value is -2.59. The van der Waals surface area contributed by atoms with Gasteiger partial charge in [0.1, 0.15) is 6.04 Å². The molecule has 2 rings (SSSR count). The standard InChI is InChI=1S/C14H15N3O4/c1-21-11-6-12(13(18)19)17(8-11)14(20)16-10-4-2-3-9(5-10)7-15/h2-5,11-12H,6,8H2,1H3,(H,16,20)(H,18,19). The van der Waals surface area contributed by atoms with Crippen LogP contribution in [0, 0.1) is 11.3 Å². The Bertz CT molecular complexity index is 596. The summed E-state index contributed by atoms with van der Waals surface area (Å²) in [6.45, 7) is 0.219. The fraction of sp³-hybridized carbons (Fsp3) is 0.357. The molecule has 1 aliphatic heterocycles. The Morgan fingerprint density at radius 1 is 1.52 bits per heavy atom. The van der Waals surface area contributed by atoms with Crippen LogP contribution >= 0.6 is 0 Å². The van der Waals surface area contributed by atoms with Crippen molar-refractivity contribution in [1.82, 2.24) is 4.90 Å². The molecule has 1 fully saturated rings. The van der Waals surface area contributed by atoms with E-state index in [1.54, 1.807) is 18.2 Å². The summed E-state index contributed by atoms with van der Waals surface area (Å²) in [5, 5.41) is 20.6. The second-order valence-electron chi connectivity index (χ2n) is 4.72. The van der Waals surface area contributed by atoms with Gasteiger partial charge in [-0.05, 0) is 18.2 Å². The quantitative estimate of drug-likeness (QED) is 0.872. The number of ether oxygens (including phenoxy) is 1. The van der Waals surface area contributed by atoms with Crippen molar-refractivity contribution in [1.29, 1.82) is 5.26 Å². The molecule has 1 heterocycles. The molecular formula is C14H15N3O4. The fourth-order valence-corrected chi connectivity index (χ4v) is 2.29. The van der Waals surface area contributed by atoms with Crippen LogP contribution in [0.1, 0.15) is 12.0 Å². The van der Waals surface area contributed by atoms with E-state index in [4.69, 9.17) is 10.00 Å². The lowest BCUT2D eigenvalue weighted by molar-refractivity contribution is -0.141. The summed E-state index contributed by atoms with van der Waals surface area (Å²) in [5.41, 5.74) is 0.864. The number of nitrogens with one attached hydrogen (secondary N) is 1. The van der Waals surface area contributed by atoms with Crippen molar-refractivity contribution in [3.63, 3.8) is 0 Å². The molecule has 2 amide bonds. The monoisotopic (exact) mass is 289 g/mol. The molecule has 2 N–H and O–H groups in total. The summed E-state index contributed by atoms with van der Waals surface area (Å²) in [4.78, 5) is 24.6. The van der Waals surface area contributed by atoms with Crippen molar-refractivity contribution < 1.29 is 19.4 Å². The van der Waals surface area contributed by atoms with E-state index in [-0.39, 0.29) is 19.1 Å². The predicted octanol–water partition coefficient (Wildman–Crippen LogP) is 1.26. The maximum Gasteiger partial charge on any atom is 0.326 e. The van der Waals surface area contributed by atoms with E-state index in [1.807, 2.05) is 6.07 Å². The molecule has 1 aliphatic rings. The van der Waals surface area contributed by atoms with E-state index in [2.05, 4.69) is 5.32 Å². The third kappa shape index (κ3) is 3.30. The van der Waals surface area contributed by atoms with Crippen molar-refractivity contribution in [3.8, 4) is 6.07 Å². The van der Waals surface area contributed by atoms with Crippen LogP contribution in [0.15, 0.2) is 24.3 Å². The zero-order valence-electron chi connectivity index (χ0n) is 11.4. The van der Waals surface area contributed by atoms with Crippen molar-refractivity contribution in [2.24, 2.45) is 0 Å². The van der Waals surface area contributed by atoms with Crippen LogP contribution in [0.25, 0.3) is 0 Å². The van der Waals surface area contributed by atoms with Gasteiger partial charge in [-0.15, -0.1) is 0 Å². The Morgan fingerprint density at radius 3 is 2.90 bits per heavy atom. The van der Waals surface area contributed by atoms with Crippen LogP contribution < -0.4 is 5.32 Å². The second kappa shape index (κ2) is 6.24. The van der Waals surface area contributed by atoms with Crippen LogP contribution in [0.4, 0.5) is 10.5 Å². The van der Waals surface area contributed by atoms with Crippen molar-refractivity contribution in [2.45, 2.75) is 18.6 Å². The maximum absolute atomic E-state index is 12.2. The zero-order chi connectivity index (χ0) is 15.4. The van der Waals surface area contributed by atoms with Crippen molar-refractivity contribution in [3.05, 3.63) is 29.8 Å². The largest absolute Gasteiger partial charge is 0.480 e. The smallest absolute Gasteiger partial charge is 0.326 e. The molecule has 0 saturated carbocycles. The molecule has 1 aromatic carbocycles. The SMILES string of the molecule is COC1CC(C(=O)O)N(C(=O)Nc2cccc(C#N)c2)C1. The summed E-state index contributed by atoms with van der Waals surface area (Å²) in [6, 6.07) is 6.97. The van der Waals surface area contributed by atoms with Gasteiger partial charge in [0.05, 0.1) is 17.7 Å². The van der Waals surface area contributed by atoms with Gasteiger partial charge in [0.15, 0.2) is 0 Å². The highest BCUT2D eigenvalue weighted by atomic mass is 16.5. The van der Waals surface area contributed by atoms with E-state index < -0.39 is 18.0 Å². The average molecular weight is 289 g/mol. The number of nitriles is 1. The molecule has 2 atom stereocenters. The number of hydrogen-bond acceptors (Lipinski definition) is 4. The van der Waals surface area contributed by atoms with Crippen LogP contribution in [0.5, 0.6) is 0 Å². The molecule has 1 aromatic rings. The first-order valence-electron chi connectivity index (χ1n) is 6.38. The number of nitrogens with zero attached hydrogens (tertiary/aromatic N) is 2. The number of carbonyl (C=O) groups is 2. The minimum absolute atomic E-state index is 0.219. The number of benzene rings is 1. The number of carboxylic acid groups (broad SMARTS) is 1. The summed E-state index contributed by atoms with van der Waals surface area (Å²) in [6.07, 6.45) is -0.0281. The van der Waals surface area contributed by atoms with Crippen LogP contribution in [-0.2, 0) is 9.53 Å². The van der Waals surface area contributed by atoms with Crippen molar-refractivity contribution in [2.75, 3.05) is 19.0 Å². The lowest BCUT2D eigenvalue weighted by Gasteiger charge is -2.21. The Kier molecular flexibility index (Phi) is 4.40. The van der Waals surface area contributed by atoms with Gasteiger partial charge in [0, 0.05) is 25.8 Å². The molecule has 110 valence electrons.